The van der Waals surface area contributed by atoms with Crippen LogP contribution in [0.5, 0.6) is 5.75 Å². The van der Waals surface area contributed by atoms with Gasteiger partial charge in [0.15, 0.2) is 5.75 Å². The van der Waals surface area contributed by atoms with Gasteiger partial charge in [-0.25, -0.2) is 0 Å². The predicted octanol–water partition coefficient (Wildman–Crippen LogP) is 3.02. The number of fused-ring (bicyclic) bond motifs is 1. The zero-order valence-corrected chi connectivity index (χ0v) is 8.02. The highest BCUT2D eigenvalue weighted by molar-refractivity contribution is 6.30. The molecule has 2 rings (SSSR count). The zero-order valence-electron chi connectivity index (χ0n) is 6.51. The molecule has 1 aromatic carbocycles. The van der Waals surface area contributed by atoms with Gasteiger partial charge in [0.1, 0.15) is 6.61 Å². The molecule has 0 unspecified atom stereocenters. The van der Waals surface area contributed by atoms with Crippen molar-refractivity contribution in [1.29, 1.82) is 0 Å². The molecule has 0 spiro atoms. The Morgan fingerprint density at radius 3 is 2.83 bits per heavy atom. The number of hydrogen-bond donors (Lipinski definition) is 0. The first-order valence-electron chi connectivity index (χ1n) is 3.32. The van der Waals surface area contributed by atoms with E-state index in [4.69, 9.17) is 21.4 Å². The SMILES string of the molecule is CCl.Clc1ccc2c(c1)OOC2. The van der Waals surface area contributed by atoms with Gasteiger partial charge in [-0.1, -0.05) is 17.7 Å². The number of hydrogen-bond acceptors (Lipinski definition) is 2. The Bertz CT molecular complexity index is 263. The van der Waals surface area contributed by atoms with Crippen molar-refractivity contribution < 1.29 is 9.78 Å². The number of halogens is 2. The van der Waals surface area contributed by atoms with Crippen molar-refractivity contribution >= 4 is 23.2 Å². The quantitative estimate of drug-likeness (QED) is 0.480. The van der Waals surface area contributed by atoms with Crippen LogP contribution in [0, 0.1) is 0 Å². The summed E-state index contributed by atoms with van der Waals surface area (Å²) >= 11 is 10.3. The second-order valence-corrected chi connectivity index (χ2v) is 2.53. The van der Waals surface area contributed by atoms with Crippen LogP contribution in [0.1, 0.15) is 5.56 Å². The van der Waals surface area contributed by atoms with Crippen molar-refractivity contribution in [2.24, 2.45) is 0 Å². The number of rotatable bonds is 0. The van der Waals surface area contributed by atoms with Gasteiger partial charge >= 0.3 is 0 Å². The smallest absolute Gasteiger partial charge is 0.172 e. The second kappa shape index (κ2) is 4.55. The van der Waals surface area contributed by atoms with Gasteiger partial charge in [0.25, 0.3) is 0 Å². The molecule has 0 amide bonds. The maximum absolute atomic E-state index is 5.69. The Morgan fingerprint density at radius 1 is 1.33 bits per heavy atom. The molecule has 12 heavy (non-hydrogen) atoms. The van der Waals surface area contributed by atoms with Crippen LogP contribution in [0.25, 0.3) is 0 Å². The first-order valence-corrected chi connectivity index (χ1v) is 4.45. The van der Waals surface area contributed by atoms with Crippen LogP contribution in [0.15, 0.2) is 18.2 Å². The van der Waals surface area contributed by atoms with Crippen molar-refractivity contribution in [3.63, 3.8) is 0 Å². The van der Waals surface area contributed by atoms with Crippen LogP contribution >= 0.6 is 23.2 Å². The van der Waals surface area contributed by atoms with E-state index < -0.39 is 0 Å². The number of benzene rings is 1. The lowest BCUT2D eigenvalue weighted by Crippen LogP contribution is -1.81. The predicted molar refractivity (Wildman–Crippen MR) is 48.6 cm³/mol. The molecule has 0 aromatic heterocycles. The first kappa shape index (κ1) is 9.65. The molecule has 1 aromatic rings. The minimum Gasteiger partial charge on any atom is -0.337 e. The van der Waals surface area contributed by atoms with Gasteiger partial charge in [0, 0.05) is 23.0 Å². The van der Waals surface area contributed by atoms with E-state index in [2.05, 4.69) is 11.6 Å². The largest absolute Gasteiger partial charge is 0.337 e. The van der Waals surface area contributed by atoms with E-state index in [-0.39, 0.29) is 0 Å². The summed E-state index contributed by atoms with van der Waals surface area (Å²) in [6.45, 7) is 0.520. The lowest BCUT2D eigenvalue weighted by Gasteiger charge is -1.93. The molecule has 0 atom stereocenters. The topological polar surface area (TPSA) is 18.5 Å². The van der Waals surface area contributed by atoms with Crippen molar-refractivity contribution in [2.75, 3.05) is 6.38 Å². The Kier molecular flexibility index (Phi) is 3.66. The molecule has 0 radical (unpaired) electrons. The molecule has 0 bridgehead atoms. The molecule has 0 aliphatic carbocycles. The summed E-state index contributed by atoms with van der Waals surface area (Å²) < 4.78 is 0. The van der Waals surface area contributed by atoms with Gasteiger partial charge in [0.2, 0.25) is 0 Å². The van der Waals surface area contributed by atoms with Crippen LogP contribution in [-0.2, 0) is 11.5 Å². The van der Waals surface area contributed by atoms with E-state index >= 15 is 0 Å². The van der Waals surface area contributed by atoms with Gasteiger partial charge in [-0.2, -0.15) is 4.89 Å². The monoisotopic (exact) mass is 206 g/mol. The van der Waals surface area contributed by atoms with Gasteiger partial charge in [-0.3, -0.25) is 0 Å². The van der Waals surface area contributed by atoms with Crippen LogP contribution in [-0.4, -0.2) is 6.38 Å². The van der Waals surface area contributed by atoms with Gasteiger partial charge in [-0.15, -0.1) is 11.6 Å². The van der Waals surface area contributed by atoms with Gasteiger partial charge in [0.05, 0.1) is 0 Å². The molecule has 4 heteroatoms. The third kappa shape index (κ3) is 2.03. The highest BCUT2D eigenvalue weighted by Gasteiger charge is 2.12. The highest BCUT2D eigenvalue weighted by Crippen LogP contribution is 2.28. The molecule has 0 saturated heterocycles. The van der Waals surface area contributed by atoms with Crippen LogP contribution < -0.4 is 4.89 Å². The van der Waals surface area contributed by atoms with E-state index in [1.54, 1.807) is 6.07 Å². The van der Waals surface area contributed by atoms with E-state index in [1.165, 1.54) is 6.38 Å². The Balaban J connectivity index is 0.000000336. The molecule has 2 nitrogen and oxygen atoms in total. The average molecular weight is 207 g/mol. The molecule has 1 aliphatic rings. The van der Waals surface area contributed by atoms with E-state index in [1.807, 2.05) is 12.1 Å². The standard InChI is InChI=1S/C7H5ClO2.CH3Cl/c8-6-2-1-5-4-9-10-7(5)3-6;1-2/h1-3H,4H2;1H3. The molecular formula is C8H8Cl2O2. The molecule has 1 heterocycles. The van der Waals surface area contributed by atoms with E-state index in [0.29, 0.717) is 11.6 Å². The minimum absolute atomic E-state index is 0.520. The third-order valence-electron chi connectivity index (χ3n) is 1.39. The molecule has 0 saturated carbocycles. The molecule has 0 N–H and O–H groups in total. The van der Waals surface area contributed by atoms with Crippen molar-refractivity contribution in [1.82, 2.24) is 0 Å². The molecular weight excluding hydrogens is 199 g/mol. The van der Waals surface area contributed by atoms with Crippen molar-refractivity contribution in [2.45, 2.75) is 6.61 Å². The normalized spacial score (nSPS) is 12.6. The van der Waals surface area contributed by atoms with E-state index in [0.717, 1.165) is 11.3 Å². The summed E-state index contributed by atoms with van der Waals surface area (Å²) in [5, 5.41) is 0.671. The maximum atomic E-state index is 5.69. The van der Waals surface area contributed by atoms with Gasteiger partial charge in [-0.05, 0) is 6.07 Å². The third-order valence-corrected chi connectivity index (χ3v) is 1.63. The fourth-order valence-electron chi connectivity index (χ4n) is 0.882. The first-order chi connectivity index (χ1) is 5.86. The second-order valence-electron chi connectivity index (χ2n) is 2.10. The van der Waals surface area contributed by atoms with Crippen molar-refractivity contribution in [3.8, 4) is 5.75 Å². The lowest BCUT2D eigenvalue weighted by molar-refractivity contribution is -0.194. The summed E-state index contributed by atoms with van der Waals surface area (Å²) in [7, 11) is 0. The summed E-state index contributed by atoms with van der Waals surface area (Å²) in [5.74, 6) is 0.729. The minimum atomic E-state index is 0.520. The Labute approximate surface area is 80.9 Å². The molecule has 0 fully saturated rings. The summed E-state index contributed by atoms with van der Waals surface area (Å²) in [5.41, 5.74) is 1.05. The maximum Gasteiger partial charge on any atom is 0.172 e. The lowest BCUT2D eigenvalue weighted by atomic mass is 10.2. The number of alkyl halides is 1. The van der Waals surface area contributed by atoms with Crippen LogP contribution in [0.3, 0.4) is 0 Å². The fourth-order valence-corrected chi connectivity index (χ4v) is 1.04. The Hall–Kier alpha value is -0.440. The van der Waals surface area contributed by atoms with E-state index in [9.17, 15) is 0 Å². The van der Waals surface area contributed by atoms with Crippen LogP contribution in [0.2, 0.25) is 5.02 Å². The zero-order chi connectivity index (χ0) is 8.97. The van der Waals surface area contributed by atoms with Crippen molar-refractivity contribution in [3.05, 3.63) is 28.8 Å². The highest BCUT2D eigenvalue weighted by atomic mass is 35.5. The summed E-state index contributed by atoms with van der Waals surface area (Å²) in [6, 6.07) is 5.45. The summed E-state index contributed by atoms with van der Waals surface area (Å²) in [6.07, 6.45) is 1.47. The Morgan fingerprint density at radius 2 is 2.08 bits per heavy atom. The summed E-state index contributed by atoms with van der Waals surface area (Å²) in [4.78, 5) is 9.51. The molecule has 66 valence electrons. The fraction of sp³-hybridized carbons (Fsp3) is 0.250. The molecule has 1 aliphatic heterocycles. The average Bonchev–Trinajstić information content (AvgIpc) is 2.54. The van der Waals surface area contributed by atoms with Crippen LogP contribution in [0.4, 0.5) is 0 Å². The van der Waals surface area contributed by atoms with Gasteiger partial charge < -0.3 is 4.89 Å².